The van der Waals surface area contributed by atoms with Crippen molar-refractivity contribution in [1.82, 2.24) is 5.32 Å². The fourth-order valence-electron chi connectivity index (χ4n) is 1.24. The average Bonchev–Trinajstić information content (AvgIpc) is 2.04. The minimum absolute atomic E-state index is 0. The number of piperidine rings is 1. The Kier molecular flexibility index (Phi) is 5.20. The number of nitrogens with one attached hydrogen (secondary N) is 1. The number of methoxy groups -OCH3 is 1. The molecule has 0 bridgehead atoms. The molecule has 1 rings (SSSR count). The number of rotatable bonds is 1. The summed E-state index contributed by atoms with van der Waals surface area (Å²) in [5, 5.41) is 12.2. The second-order valence-electron chi connectivity index (χ2n) is 2.66. The third kappa shape index (κ3) is 2.62. The first-order chi connectivity index (χ1) is 5.25. The lowest BCUT2D eigenvalue weighted by atomic mass is 10.0. The lowest BCUT2D eigenvalue weighted by molar-refractivity contribution is -0.147. The van der Waals surface area contributed by atoms with Gasteiger partial charge in [-0.05, 0) is 19.4 Å². The number of carbonyl (C=O) groups excluding carboxylic acids is 1. The molecule has 1 heterocycles. The molecule has 4 nitrogen and oxygen atoms in total. The van der Waals surface area contributed by atoms with Gasteiger partial charge in [0.05, 0.1) is 13.2 Å². The Morgan fingerprint density at radius 1 is 1.67 bits per heavy atom. The first-order valence-corrected chi connectivity index (χ1v) is 3.75. The molecule has 1 aliphatic rings. The molecule has 0 spiro atoms. The van der Waals surface area contributed by atoms with Crippen molar-refractivity contribution in [2.24, 2.45) is 0 Å². The molecule has 5 heteroatoms. The van der Waals surface area contributed by atoms with Gasteiger partial charge in [0.1, 0.15) is 6.04 Å². The maximum atomic E-state index is 10.9. The van der Waals surface area contributed by atoms with Crippen LogP contribution < -0.4 is 5.32 Å². The van der Waals surface area contributed by atoms with Gasteiger partial charge in [0.15, 0.2) is 0 Å². The number of aliphatic hydroxyl groups excluding tert-OH is 1. The van der Waals surface area contributed by atoms with E-state index in [1.54, 1.807) is 0 Å². The monoisotopic (exact) mass is 195 g/mol. The van der Waals surface area contributed by atoms with E-state index in [2.05, 4.69) is 10.1 Å². The van der Waals surface area contributed by atoms with Crippen LogP contribution >= 0.6 is 12.4 Å². The van der Waals surface area contributed by atoms with Gasteiger partial charge in [-0.15, -0.1) is 12.4 Å². The third-order valence-electron chi connectivity index (χ3n) is 1.88. The van der Waals surface area contributed by atoms with Crippen LogP contribution in [-0.4, -0.2) is 36.9 Å². The van der Waals surface area contributed by atoms with Crippen molar-refractivity contribution in [3.8, 4) is 0 Å². The van der Waals surface area contributed by atoms with Crippen molar-refractivity contribution in [3.05, 3.63) is 0 Å². The van der Waals surface area contributed by atoms with E-state index in [1.807, 2.05) is 0 Å². The molecule has 0 radical (unpaired) electrons. The molecule has 2 N–H and O–H groups in total. The van der Waals surface area contributed by atoms with Crippen molar-refractivity contribution >= 4 is 18.4 Å². The van der Waals surface area contributed by atoms with Crippen LogP contribution in [0.4, 0.5) is 0 Å². The molecule has 0 aromatic heterocycles. The largest absolute Gasteiger partial charge is 0.468 e. The van der Waals surface area contributed by atoms with E-state index in [4.69, 9.17) is 0 Å². The lowest BCUT2D eigenvalue weighted by Gasteiger charge is -2.26. The number of aliphatic hydroxyl groups is 1. The van der Waals surface area contributed by atoms with Gasteiger partial charge in [0, 0.05) is 0 Å². The van der Waals surface area contributed by atoms with E-state index < -0.39 is 12.1 Å². The number of ether oxygens (including phenoxy) is 1. The SMILES string of the molecule is COC(=O)C1NCCCC1O.Cl. The molecule has 0 saturated carbocycles. The van der Waals surface area contributed by atoms with Crippen LogP contribution in [0.25, 0.3) is 0 Å². The van der Waals surface area contributed by atoms with Crippen LogP contribution in [0.15, 0.2) is 0 Å². The number of halogens is 1. The molecule has 0 aliphatic carbocycles. The van der Waals surface area contributed by atoms with E-state index in [-0.39, 0.29) is 18.4 Å². The first kappa shape index (κ1) is 11.7. The van der Waals surface area contributed by atoms with Crippen LogP contribution in [0.1, 0.15) is 12.8 Å². The molecule has 1 saturated heterocycles. The lowest BCUT2D eigenvalue weighted by Crippen LogP contribution is -2.50. The summed E-state index contributed by atoms with van der Waals surface area (Å²) < 4.78 is 4.50. The highest BCUT2D eigenvalue weighted by molar-refractivity contribution is 5.85. The van der Waals surface area contributed by atoms with Crippen LogP contribution in [-0.2, 0) is 9.53 Å². The Bertz CT molecular complexity index is 154. The molecule has 72 valence electrons. The molecule has 0 amide bonds. The summed E-state index contributed by atoms with van der Waals surface area (Å²) in [4.78, 5) is 10.9. The van der Waals surface area contributed by atoms with Crippen LogP contribution in [0.2, 0.25) is 0 Å². The Morgan fingerprint density at radius 3 is 2.83 bits per heavy atom. The first-order valence-electron chi connectivity index (χ1n) is 3.75. The number of esters is 1. The van der Waals surface area contributed by atoms with Gasteiger partial charge in [-0.3, -0.25) is 4.79 Å². The summed E-state index contributed by atoms with van der Waals surface area (Å²) in [6.07, 6.45) is 0.998. The van der Waals surface area contributed by atoms with Gasteiger partial charge in [-0.1, -0.05) is 0 Å². The maximum absolute atomic E-state index is 10.9. The van der Waals surface area contributed by atoms with E-state index in [1.165, 1.54) is 7.11 Å². The summed E-state index contributed by atoms with van der Waals surface area (Å²) in [5.74, 6) is -0.378. The second-order valence-corrected chi connectivity index (χ2v) is 2.66. The number of hydrogen-bond donors (Lipinski definition) is 2. The van der Waals surface area contributed by atoms with Gasteiger partial charge < -0.3 is 15.2 Å². The average molecular weight is 196 g/mol. The topological polar surface area (TPSA) is 58.6 Å². The van der Waals surface area contributed by atoms with Gasteiger partial charge in [0.25, 0.3) is 0 Å². The highest BCUT2D eigenvalue weighted by Crippen LogP contribution is 2.08. The molecular formula is C7H14ClNO3. The predicted molar refractivity (Wildman–Crippen MR) is 46.3 cm³/mol. The maximum Gasteiger partial charge on any atom is 0.325 e. The van der Waals surface area contributed by atoms with Crippen LogP contribution in [0.3, 0.4) is 0 Å². The van der Waals surface area contributed by atoms with Gasteiger partial charge in [0.2, 0.25) is 0 Å². The zero-order valence-electron chi connectivity index (χ0n) is 6.95. The second kappa shape index (κ2) is 5.35. The Morgan fingerprint density at radius 2 is 2.33 bits per heavy atom. The Hall–Kier alpha value is -0.320. The van der Waals surface area contributed by atoms with Crippen molar-refractivity contribution < 1.29 is 14.6 Å². The summed E-state index contributed by atoms with van der Waals surface area (Å²) in [6, 6.07) is -0.520. The van der Waals surface area contributed by atoms with Gasteiger partial charge in [-0.2, -0.15) is 0 Å². The van der Waals surface area contributed by atoms with Gasteiger partial charge in [-0.25, -0.2) is 0 Å². The summed E-state index contributed by atoms with van der Waals surface area (Å²) >= 11 is 0. The molecule has 2 atom stereocenters. The quantitative estimate of drug-likeness (QED) is 0.564. The number of carbonyl (C=O) groups is 1. The zero-order chi connectivity index (χ0) is 8.27. The van der Waals surface area contributed by atoms with Crippen molar-refractivity contribution in [2.75, 3.05) is 13.7 Å². The summed E-state index contributed by atoms with van der Waals surface area (Å²) in [5.41, 5.74) is 0. The molecule has 0 aromatic carbocycles. The molecule has 1 aliphatic heterocycles. The van der Waals surface area contributed by atoms with E-state index in [0.717, 1.165) is 13.0 Å². The smallest absolute Gasteiger partial charge is 0.325 e. The fourth-order valence-corrected chi connectivity index (χ4v) is 1.24. The Balaban J connectivity index is 0.00000121. The van der Waals surface area contributed by atoms with E-state index in [0.29, 0.717) is 6.42 Å². The highest BCUT2D eigenvalue weighted by atomic mass is 35.5. The normalized spacial score (nSPS) is 28.8. The van der Waals surface area contributed by atoms with Crippen molar-refractivity contribution in [3.63, 3.8) is 0 Å². The fraction of sp³-hybridized carbons (Fsp3) is 0.857. The van der Waals surface area contributed by atoms with Crippen molar-refractivity contribution in [2.45, 2.75) is 25.0 Å². The van der Waals surface area contributed by atoms with Crippen molar-refractivity contribution in [1.29, 1.82) is 0 Å². The van der Waals surface area contributed by atoms with E-state index >= 15 is 0 Å². The van der Waals surface area contributed by atoms with Gasteiger partial charge >= 0.3 is 5.97 Å². The minimum Gasteiger partial charge on any atom is -0.468 e. The highest BCUT2D eigenvalue weighted by Gasteiger charge is 2.29. The summed E-state index contributed by atoms with van der Waals surface area (Å²) in [7, 11) is 1.32. The number of hydrogen-bond acceptors (Lipinski definition) is 4. The van der Waals surface area contributed by atoms with E-state index in [9.17, 15) is 9.90 Å². The molecular weight excluding hydrogens is 182 g/mol. The Labute approximate surface area is 77.7 Å². The molecule has 12 heavy (non-hydrogen) atoms. The predicted octanol–water partition coefficient (Wildman–Crippen LogP) is -0.306. The summed E-state index contributed by atoms with van der Waals surface area (Å²) in [6.45, 7) is 0.775. The zero-order valence-corrected chi connectivity index (χ0v) is 7.76. The van der Waals surface area contributed by atoms with Crippen LogP contribution in [0, 0.1) is 0 Å². The minimum atomic E-state index is -0.587. The van der Waals surface area contributed by atoms with Crippen LogP contribution in [0.5, 0.6) is 0 Å². The molecule has 1 fully saturated rings. The standard InChI is InChI=1S/C7H13NO3.ClH/c1-11-7(10)6-5(9)3-2-4-8-6;/h5-6,8-9H,2-4H2,1H3;1H. The molecule has 0 aromatic rings. The molecule has 2 unspecified atom stereocenters. The third-order valence-corrected chi connectivity index (χ3v) is 1.88.